The summed E-state index contributed by atoms with van der Waals surface area (Å²) in [6.45, 7) is 13.6. The van der Waals surface area contributed by atoms with E-state index in [1.54, 1.807) is 19.9 Å². The van der Waals surface area contributed by atoms with E-state index in [0.29, 0.717) is 5.57 Å². The molecule has 0 spiro atoms. The third kappa shape index (κ3) is 3.40. The number of fused-ring (bicyclic) bond motifs is 3. The molecule has 0 aromatic rings. The third-order valence-electron chi connectivity index (χ3n) is 6.15. The van der Waals surface area contributed by atoms with Crippen molar-refractivity contribution in [1.82, 2.24) is 0 Å². The molecule has 1 heterocycles. The van der Waals surface area contributed by atoms with E-state index in [1.807, 2.05) is 13.8 Å². The van der Waals surface area contributed by atoms with Crippen molar-refractivity contribution in [2.24, 2.45) is 17.8 Å². The fraction of sp³-hybridized carbons (Fsp3) is 0.565. The van der Waals surface area contributed by atoms with Gasteiger partial charge in [0, 0.05) is 23.5 Å². The van der Waals surface area contributed by atoms with Gasteiger partial charge in [0.05, 0.1) is 11.8 Å². The first-order chi connectivity index (χ1) is 13.9. The summed E-state index contributed by atoms with van der Waals surface area (Å²) < 4.78 is 17.1. The highest BCUT2D eigenvalue weighted by molar-refractivity contribution is 6.09. The molecule has 7 heteroatoms. The molecule has 3 aliphatic rings. The van der Waals surface area contributed by atoms with Gasteiger partial charge in [0.1, 0.15) is 12.2 Å². The van der Waals surface area contributed by atoms with Crippen LogP contribution < -0.4 is 0 Å². The van der Waals surface area contributed by atoms with Gasteiger partial charge in [-0.05, 0) is 33.8 Å². The minimum atomic E-state index is -1.65. The number of carbonyl (C=O) groups excluding carboxylic acids is 4. The first-order valence-corrected chi connectivity index (χ1v) is 10.1. The first-order valence-electron chi connectivity index (χ1n) is 10.1. The molecular weight excluding hydrogens is 388 g/mol. The van der Waals surface area contributed by atoms with Crippen molar-refractivity contribution in [2.75, 3.05) is 0 Å². The molecule has 0 unspecified atom stereocenters. The summed E-state index contributed by atoms with van der Waals surface area (Å²) in [6, 6.07) is 0. The van der Waals surface area contributed by atoms with E-state index in [2.05, 4.69) is 6.58 Å². The van der Waals surface area contributed by atoms with Crippen molar-refractivity contribution in [3.05, 3.63) is 34.9 Å². The van der Waals surface area contributed by atoms with Gasteiger partial charge in [-0.25, -0.2) is 9.59 Å². The van der Waals surface area contributed by atoms with E-state index >= 15 is 0 Å². The fourth-order valence-electron chi connectivity index (χ4n) is 4.59. The molecule has 0 radical (unpaired) electrons. The number of hydrogen-bond donors (Lipinski definition) is 0. The zero-order valence-corrected chi connectivity index (χ0v) is 18.2. The standard InChI is InChI=1S/C23H28O7/c1-10(2)20(25)28-15-9-13(6)16-14(24)8-12(5)17(16)19-18(15)23(7,22(27)29-19)30-21(26)11(3)4/h8,11,15,17-19H,1,9H2,2-7H3/t15-,17-,18+,19+,23+/m0/s1. The minimum Gasteiger partial charge on any atom is -0.458 e. The van der Waals surface area contributed by atoms with Gasteiger partial charge in [-0.2, -0.15) is 0 Å². The maximum Gasteiger partial charge on any atom is 0.351 e. The molecule has 30 heavy (non-hydrogen) atoms. The molecule has 1 aliphatic heterocycles. The zero-order chi connectivity index (χ0) is 22.5. The Balaban J connectivity index is 2.12. The summed E-state index contributed by atoms with van der Waals surface area (Å²) in [5.41, 5.74) is 0.653. The van der Waals surface area contributed by atoms with Gasteiger partial charge in [0.15, 0.2) is 5.78 Å². The average molecular weight is 416 g/mol. The maximum atomic E-state index is 13.0. The van der Waals surface area contributed by atoms with Crippen LogP contribution in [-0.2, 0) is 33.4 Å². The Morgan fingerprint density at radius 2 is 1.90 bits per heavy atom. The second-order valence-corrected chi connectivity index (χ2v) is 8.93. The summed E-state index contributed by atoms with van der Waals surface area (Å²) >= 11 is 0. The van der Waals surface area contributed by atoms with Gasteiger partial charge in [-0.3, -0.25) is 9.59 Å². The molecule has 1 saturated heterocycles. The summed E-state index contributed by atoms with van der Waals surface area (Å²) in [6.07, 6.45) is 0.157. The minimum absolute atomic E-state index is 0.135. The number of hydrogen-bond acceptors (Lipinski definition) is 7. The van der Waals surface area contributed by atoms with Crippen molar-refractivity contribution in [3.63, 3.8) is 0 Å². The number of ether oxygens (including phenoxy) is 3. The van der Waals surface area contributed by atoms with Gasteiger partial charge in [0.2, 0.25) is 5.60 Å². The van der Waals surface area contributed by atoms with Crippen molar-refractivity contribution >= 4 is 23.7 Å². The van der Waals surface area contributed by atoms with E-state index < -0.39 is 53.5 Å². The van der Waals surface area contributed by atoms with E-state index in [1.165, 1.54) is 13.8 Å². The SMILES string of the molecule is C=C(C)C(=O)O[C@H]1CC(C)=C2C(=O)C=C(C)[C@@H]2[C@H]2OC(=O)[C@](C)(OC(=O)C(C)C)[C@@H]21. The van der Waals surface area contributed by atoms with Crippen LogP contribution in [0.1, 0.15) is 48.0 Å². The fourth-order valence-corrected chi connectivity index (χ4v) is 4.59. The quantitative estimate of drug-likeness (QED) is 0.395. The molecular formula is C23H28O7. The molecule has 2 aliphatic carbocycles. The number of carbonyl (C=O) groups is 4. The summed E-state index contributed by atoms with van der Waals surface area (Å²) in [5.74, 6) is -3.69. The second-order valence-electron chi connectivity index (χ2n) is 8.93. The molecule has 0 amide bonds. The average Bonchev–Trinajstić information content (AvgIpc) is 3.01. The lowest BCUT2D eigenvalue weighted by molar-refractivity contribution is -0.180. The third-order valence-corrected chi connectivity index (χ3v) is 6.15. The summed E-state index contributed by atoms with van der Waals surface area (Å²) in [4.78, 5) is 50.4. The normalized spacial score (nSPS) is 32.8. The van der Waals surface area contributed by atoms with Crippen molar-refractivity contribution in [1.29, 1.82) is 0 Å². The molecule has 0 N–H and O–H groups in total. The lowest BCUT2D eigenvalue weighted by atomic mass is 9.77. The maximum absolute atomic E-state index is 13.0. The Morgan fingerprint density at radius 3 is 2.47 bits per heavy atom. The van der Waals surface area contributed by atoms with Gasteiger partial charge >= 0.3 is 17.9 Å². The molecule has 162 valence electrons. The highest BCUT2D eigenvalue weighted by atomic mass is 16.6. The van der Waals surface area contributed by atoms with Crippen LogP contribution in [0, 0.1) is 17.8 Å². The topological polar surface area (TPSA) is 96.0 Å². The van der Waals surface area contributed by atoms with Crippen molar-refractivity contribution in [2.45, 2.75) is 65.8 Å². The van der Waals surface area contributed by atoms with Crippen LogP contribution in [0.5, 0.6) is 0 Å². The Hall–Kier alpha value is -2.70. The van der Waals surface area contributed by atoms with Crippen LogP contribution in [0.3, 0.4) is 0 Å². The molecule has 0 aromatic heterocycles. The molecule has 0 saturated carbocycles. The Labute approximate surface area is 176 Å². The van der Waals surface area contributed by atoms with Crippen LogP contribution in [-0.4, -0.2) is 41.5 Å². The molecule has 0 bridgehead atoms. The molecule has 0 aromatic carbocycles. The molecule has 3 rings (SSSR count). The van der Waals surface area contributed by atoms with Crippen molar-refractivity contribution < 1.29 is 33.4 Å². The Kier molecular flexibility index (Phi) is 5.52. The lowest BCUT2D eigenvalue weighted by Crippen LogP contribution is -2.51. The van der Waals surface area contributed by atoms with E-state index in [4.69, 9.17) is 14.2 Å². The molecule has 5 atom stereocenters. The second kappa shape index (κ2) is 7.52. The van der Waals surface area contributed by atoms with Crippen LogP contribution in [0.4, 0.5) is 0 Å². The highest BCUT2D eigenvalue weighted by Gasteiger charge is 2.65. The number of allylic oxidation sites excluding steroid dienone is 1. The number of esters is 3. The smallest absolute Gasteiger partial charge is 0.351 e. The van der Waals surface area contributed by atoms with Crippen molar-refractivity contribution in [3.8, 4) is 0 Å². The largest absolute Gasteiger partial charge is 0.458 e. The lowest BCUT2D eigenvalue weighted by Gasteiger charge is -2.35. The van der Waals surface area contributed by atoms with E-state index in [0.717, 1.165) is 11.1 Å². The van der Waals surface area contributed by atoms with Crippen LogP contribution in [0.25, 0.3) is 0 Å². The molecule has 7 nitrogen and oxygen atoms in total. The van der Waals surface area contributed by atoms with Crippen LogP contribution in [0.15, 0.2) is 34.9 Å². The number of rotatable bonds is 4. The zero-order valence-electron chi connectivity index (χ0n) is 18.2. The predicted octanol–water partition coefficient (Wildman–Crippen LogP) is 2.84. The van der Waals surface area contributed by atoms with Crippen LogP contribution in [0.2, 0.25) is 0 Å². The van der Waals surface area contributed by atoms with Gasteiger partial charge in [-0.15, -0.1) is 0 Å². The summed E-state index contributed by atoms with van der Waals surface area (Å²) in [7, 11) is 0. The van der Waals surface area contributed by atoms with Crippen LogP contribution >= 0.6 is 0 Å². The Morgan fingerprint density at radius 1 is 1.27 bits per heavy atom. The van der Waals surface area contributed by atoms with E-state index in [9.17, 15) is 19.2 Å². The highest BCUT2D eigenvalue weighted by Crippen LogP contribution is 2.51. The van der Waals surface area contributed by atoms with E-state index in [-0.39, 0.29) is 17.8 Å². The first kappa shape index (κ1) is 22.0. The molecule has 1 fully saturated rings. The monoisotopic (exact) mass is 416 g/mol. The van der Waals surface area contributed by atoms with Gasteiger partial charge < -0.3 is 14.2 Å². The Bertz CT molecular complexity index is 907. The summed E-state index contributed by atoms with van der Waals surface area (Å²) in [5, 5.41) is 0. The number of ketones is 1. The predicted molar refractivity (Wildman–Crippen MR) is 107 cm³/mol. The van der Waals surface area contributed by atoms with Gasteiger partial charge in [0.25, 0.3) is 0 Å². The van der Waals surface area contributed by atoms with Gasteiger partial charge in [-0.1, -0.05) is 31.6 Å².